The van der Waals surface area contributed by atoms with Gasteiger partial charge in [0.05, 0.1) is 0 Å². The number of piperidine rings is 3. The van der Waals surface area contributed by atoms with E-state index in [1.807, 2.05) is 12.1 Å². The molecule has 1 aromatic heterocycles. The fourth-order valence-corrected chi connectivity index (χ4v) is 3.38. The first-order valence-electron chi connectivity index (χ1n) is 7.16. The molecule has 5 rings (SSSR count). The molecule has 0 spiro atoms. The van der Waals surface area contributed by atoms with Crippen LogP contribution in [0.1, 0.15) is 23.2 Å². The number of benzene rings is 1. The van der Waals surface area contributed by atoms with Crippen LogP contribution in [0.15, 0.2) is 29.0 Å². The molecule has 0 unspecified atom stereocenters. The van der Waals surface area contributed by atoms with E-state index in [0.717, 1.165) is 12.1 Å². The molecule has 104 valence electrons. The van der Waals surface area contributed by atoms with Crippen molar-refractivity contribution < 1.29 is 9.21 Å². The SMILES string of the molecule is O=C(N[C@H]1CN2CCC1CC2)c1ccc2ncoc2c1. The minimum atomic E-state index is -0.0120. The number of carbonyl (C=O) groups is 1. The molecule has 0 aliphatic carbocycles. The van der Waals surface area contributed by atoms with Crippen molar-refractivity contribution in [1.82, 2.24) is 15.2 Å². The minimum absolute atomic E-state index is 0.0120. The summed E-state index contributed by atoms with van der Waals surface area (Å²) in [5, 5.41) is 3.18. The van der Waals surface area contributed by atoms with Crippen LogP contribution in [0.25, 0.3) is 11.1 Å². The van der Waals surface area contributed by atoms with Crippen molar-refractivity contribution in [2.75, 3.05) is 19.6 Å². The smallest absolute Gasteiger partial charge is 0.251 e. The van der Waals surface area contributed by atoms with Crippen LogP contribution in [0.5, 0.6) is 0 Å². The predicted octanol–water partition coefficient (Wildman–Crippen LogP) is 1.65. The zero-order valence-corrected chi connectivity index (χ0v) is 11.2. The van der Waals surface area contributed by atoms with Crippen LogP contribution in [0.2, 0.25) is 0 Å². The standard InChI is InChI=1S/C15H17N3O2/c19-15(11-1-2-12-14(7-11)20-9-16-12)17-13-8-18-5-3-10(13)4-6-18/h1-2,7,9-10,13H,3-6,8H2,(H,17,19)/t13-/m0/s1. The van der Waals surface area contributed by atoms with E-state index in [2.05, 4.69) is 15.2 Å². The highest BCUT2D eigenvalue weighted by Crippen LogP contribution is 2.27. The molecule has 1 atom stereocenters. The molecule has 2 aromatic rings. The largest absolute Gasteiger partial charge is 0.443 e. The van der Waals surface area contributed by atoms with E-state index in [4.69, 9.17) is 4.42 Å². The zero-order valence-electron chi connectivity index (χ0n) is 11.2. The molecular formula is C15H17N3O2. The first-order valence-corrected chi connectivity index (χ1v) is 7.16. The number of amides is 1. The van der Waals surface area contributed by atoms with Crippen molar-refractivity contribution >= 4 is 17.0 Å². The average molecular weight is 271 g/mol. The van der Waals surface area contributed by atoms with Gasteiger partial charge in [-0.2, -0.15) is 0 Å². The number of hydrogen-bond acceptors (Lipinski definition) is 4. The lowest BCUT2D eigenvalue weighted by molar-refractivity contribution is 0.0620. The summed E-state index contributed by atoms with van der Waals surface area (Å²) < 4.78 is 5.25. The van der Waals surface area contributed by atoms with Gasteiger partial charge in [-0.3, -0.25) is 4.79 Å². The fraction of sp³-hybridized carbons (Fsp3) is 0.467. The van der Waals surface area contributed by atoms with Crippen LogP contribution in [0.3, 0.4) is 0 Å². The Morgan fingerprint density at radius 2 is 2.20 bits per heavy atom. The average Bonchev–Trinajstić information content (AvgIpc) is 2.96. The third-order valence-electron chi connectivity index (χ3n) is 4.57. The van der Waals surface area contributed by atoms with Gasteiger partial charge in [0.2, 0.25) is 0 Å². The van der Waals surface area contributed by atoms with Gasteiger partial charge < -0.3 is 14.6 Å². The summed E-state index contributed by atoms with van der Waals surface area (Å²) in [7, 11) is 0. The molecule has 1 aromatic carbocycles. The van der Waals surface area contributed by atoms with Crippen LogP contribution in [0.4, 0.5) is 0 Å². The number of nitrogens with one attached hydrogen (secondary N) is 1. The Hall–Kier alpha value is -1.88. The Morgan fingerprint density at radius 1 is 1.35 bits per heavy atom. The summed E-state index contributed by atoms with van der Waals surface area (Å²) in [5.74, 6) is 0.625. The number of fused-ring (bicyclic) bond motifs is 4. The van der Waals surface area contributed by atoms with Gasteiger partial charge in [0, 0.05) is 18.2 Å². The molecule has 0 saturated carbocycles. The number of oxazole rings is 1. The number of hydrogen-bond donors (Lipinski definition) is 1. The first kappa shape index (κ1) is 11.9. The van der Waals surface area contributed by atoms with E-state index in [-0.39, 0.29) is 11.9 Å². The highest BCUT2D eigenvalue weighted by molar-refractivity contribution is 5.97. The summed E-state index contributed by atoms with van der Waals surface area (Å²) in [6.45, 7) is 3.35. The molecule has 3 fully saturated rings. The molecule has 3 saturated heterocycles. The first-order chi connectivity index (χ1) is 9.79. The molecule has 4 heterocycles. The molecule has 3 aliphatic heterocycles. The van der Waals surface area contributed by atoms with Gasteiger partial charge in [-0.15, -0.1) is 0 Å². The van der Waals surface area contributed by atoms with Gasteiger partial charge in [0.25, 0.3) is 5.91 Å². The normalized spacial score (nSPS) is 28.7. The van der Waals surface area contributed by atoms with E-state index in [9.17, 15) is 4.79 Å². The van der Waals surface area contributed by atoms with E-state index in [1.54, 1.807) is 6.07 Å². The Labute approximate surface area is 117 Å². The van der Waals surface area contributed by atoms with E-state index >= 15 is 0 Å². The lowest BCUT2D eigenvalue weighted by Crippen LogP contribution is -2.57. The van der Waals surface area contributed by atoms with Crippen molar-refractivity contribution in [2.45, 2.75) is 18.9 Å². The Kier molecular flexibility index (Phi) is 2.73. The maximum absolute atomic E-state index is 12.4. The van der Waals surface area contributed by atoms with Crippen molar-refractivity contribution in [3.63, 3.8) is 0 Å². The summed E-state index contributed by atoms with van der Waals surface area (Å²) in [4.78, 5) is 18.9. The summed E-state index contributed by atoms with van der Waals surface area (Å²) in [6.07, 6.45) is 3.80. The van der Waals surface area contributed by atoms with Gasteiger partial charge in [-0.25, -0.2) is 4.98 Å². The minimum Gasteiger partial charge on any atom is -0.443 e. The monoisotopic (exact) mass is 271 g/mol. The molecule has 5 nitrogen and oxygen atoms in total. The maximum Gasteiger partial charge on any atom is 0.251 e. The second-order valence-electron chi connectivity index (χ2n) is 5.75. The molecule has 20 heavy (non-hydrogen) atoms. The Morgan fingerprint density at radius 3 is 2.95 bits per heavy atom. The number of aromatic nitrogens is 1. The molecule has 0 radical (unpaired) electrons. The van der Waals surface area contributed by atoms with Gasteiger partial charge in [-0.1, -0.05) is 0 Å². The number of carbonyl (C=O) groups excluding carboxylic acids is 1. The lowest BCUT2D eigenvalue weighted by atomic mass is 9.84. The van der Waals surface area contributed by atoms with Gasteiger partial charge in [0.15, 0.2) is 12.0 Å². The molecule has 2 bridgehead atoms. The summed E-state index contributed by atoms with van der Waals surface area (Å²) >= 11 is 0. The number of rotatable bonds is 2. The van der Waals surface area contributed by atoms with E-state index in [1.165, 1.54) is 32.3 Å². The fourth-order valence-electron chi connectivity index (χ4n) is 3.38. The van der Waals surface area contributed by atoms with Crippen molar-refractivity contribution in [3.8, 4) is 0 Å². The highest BCUT2D eigenvalue weighted by Gasteiger charge is 2.34. The highest BCUT2D eigenvalue weighted by atomic mass is 16.3. The Balaban J connectivity index is 1.52. The van der Waals surface area contributed by atoms with Gasteiger partial charge >= 0.3 is 0 Å². The predicted molar refractivity (Wildman–Crippen MR) is 74.4 cm³/mol. The molecule has 1 amide bonds. The van der Waals surface area contributed by atoms with Crippen LogP contribution < -0.4 is 5.32 Å². The molecule has 1 N–H and O–H groups in total. The molecule has 3 aliphatic rings. The van der Waals surface area contributed by atoms with E-state index < -0.39 is 0 Å². The quantitative estimate of drug-likeness (QED) is 0.902. The second kappa shape index (κ2) is 4.59. The van der Waals surface area contributed by atoms with Gasteiger partial charge in [-0.05, 0) is 50.0 Å². The Bertz CT molecular complexity index is 643. The van der Waals surface area contributed by atoms with Crippen molar-refractivity contribution in [3.05, 3.63) is 30.2 Å². The van der Waals surface area contributed by atoms with Crippen LogP contribution in [-0.4, -0.2) is 41.5 Å². The molecule has 5 heteroatoms. The van der Waals surface area contributed by atoms with Crippen LogP contribution >= 0.6 is 0 Å². The third kappa shape index (κ3) is 1.98. The van der Waals surface area contributed by atoms with Crippen molar-refractivity contribution in [1.29, 1.82) is 0 Å². The lowest BCUT2D eigenvalue weighted by Gasteiger charge is -2.44. The van der Waals surface area contributed by atoms with Crippen LogP contribution in [-0.2, 0) is 0 Å². The topological polar surface area (TPSA) is 58.4 Å². The maximum atomic E-state index is 12.4. The van der Waals surface area contributed by atoms with Gasteiger partial charge in [0.1, 0.15) is 5.52 Å². The van der Waals surface area contributed by atoms with E-state index in [0.29, 0.717) is 17.1 Å². The zero-order chi connectivity index (χ0) is 13.5. The number of nitrogens with zero attached hydrogens (tertiary/aromatic N) is 2. The van der Waals surface area contributed by atoms with Crippen LogP contribution in [0, 0.1) is 5.92 Å². The third-order valence-corrected chi connectivity index (χ3v) is 4.57. The summed E-state index contributed by atoms with van der Waals surface area (Å²) in [5.41, 5.74) is 2.08. The summed E-state index contributed by atoms with van der Waals surface area (Å²) in [6, 6.07) is 5.68. The second-order valence-corrected chi connectivity index (χ2v) is 5.75. The van der Waals surface area contributed by atoms with Crippen molar-refractivity contribution in [2.24, 2.45) is 5.92 Å². The molecular weight excluding hydrogens is 254 g/mol.